The van der Waals surface area contributed by atoms with Gasteiger partial charge < -0.3 is 15.4 Å². The van der Waals surface area contributed by atoms with Gasteiger partial charge in [0.2, 0.25) is 5.95 Å². The number of aromatic nitrogens is 2. The number of fused-ring (bicyclic) bond motifs is 1. The maximum absolute atomic E-state index is 5.54. The molecule has 0 amide bonds. The Bertz CT molecular complexity index is 596. The monoisotopic (exact) mass is 286 g/mol. The molecule has 5 nitrogen and oxygen atoms in total. The summed E-state index contributed by atoms with van der Waals surface area (Å²) in [6.45, 7) is 5.50. The summed E-state index contributed by atoms with van der Waals surface area (Å²) in [5.74, 6) is 2.15. The largest absolute Gasteiger partial charge is 0.381 e. The Morgan fingerprint density at radius 3 is 2.95 bits per heavy atom. The van der Waals surface area contributed by atoms with E-state index in [4.69, 9.17) is 4.74 Å². The molecule has 1 unspecified atom stereocenters. The fourth-order valence-electron chi connectivity index (χ4n) is 2.66. The average Bonchev–Trinajstić information content (AvgIpc) is 2.54. The number of ether oxygens (including phenoxy) is 1. The molecule has 0 bridgehead atoms. The minimum absolute atomic E-state index is 0.565. The maximum atomic E-state index is 5.54. The molecule has 1 aliphatic rings. The highest BCUT2D eigenvalue weighted by Gasteiger charge is 2.15. The van der Waals surface area contributed by atoms with Gasteiger partial charge in [-0.1, -0.05) is 12.1 Å². The number of nitrogens with one attached hydrogen (secondary N) is 2. The second-order valence-electron chi connectivity index (χ2n) is 5.41. The third-order valence-corrected chi connectivity index (χ3v) is 3.75. The Hall–Kier alpha value is -1.88. The second kappa shape index (κ2) is 6.72. The minimum atomic E-state index is 0.565. The molecule has 3 rings (SSSR count). The van der Waals surface area contributed by atoms with E-state index in [0.717, 1.165) is 49.4 Å². The van der Waals surface area contributed by atoms with Crippen LogP contribution in [-0.4, -0.2) is 36.3 Å². The molecule has 1 aliphatic heterocycles. The van der Waals surface area contributed by atoms with Gasteiger partial charge in [-0.05, 0) is 37.8 Å². The molecule has 1 saturated heterocycles. The van der Waals surface area contributed by atoms with Crippen LogP contribution in [0.15, 0.2) is 24.3 Å². The molecule has 112 valence electrons. The van der Waals surface area contributed by atoms with E-state index in [9.17, 15) is 0 Å². The number of anilines is 2. The molecule has 0 radical (unpaired) electrons. The molecule has 1 atom stereocenters. The van der Waals surface area contributed by atoms with Crippen molar-refractivity contribution in [3.05, 3.63) is 24.3 Å². The summed E-state index contributed by atoms with van der Waals surface area (Å²) >= 11 is 0. The van der Waals surface area contributed by atoms with Crippen LogP contribution in [0.3, 0.4) is 0 Å². The fraction of sp³-hybridized carbons (Fsp3) is 0.500. The molecule has 2 heterocycles. The van der Waals surface area contributed by atoms with E-state index in [0.29, 0.717) is 11.9 Å². The van der Waals surface area contributed by atoms with Crippen molar-refractivity contribution in [1.82, 2.24) is 9.97 Å². The second-order valence-corrected chi connectivity index (χ2v) is 5.41. The van der Waals surface area contributed by atoms with Crippen LogP contribution in [0.25, 0.3) is 10.9 Å². The first-order valence-corrected chi connectivity index (χ1v) is 7.69. The third kappa shape index (κ3) is 3.42. The van der Waals surface area contributed by atoms with Crippen LogP contribution >= 0.6 is 0 Å². The van der Waals surface area contributed by atoms with E-state index >= 15 is 0 Å². The van der Waals surface area contributed by atoms with Crippen LogP contribution in [-0.2, 0) is 4.74 Å². The summed E-state index contributed by atoms with van der Waals surface area (Å²) in [5.41, 5.74) is 0.964. The van der Waals surface area contributed by atoms with Crippen molar-refractivity contribution >= 4 is 22.7 Å². The Morgan fingerprint density at radius 1 is 1.24 bits per heavy atom. The van der Waals surface area contributed by atoms with Gasteiger partial charge in [0.15, 0.2) is 0 Å². The molecule has 5 heteroatoms. The molecule has 1 aromatic carbocycles. The van der Waals surface area contributed by atoms with Crippen LogP contribution in [0.1, 0.15) is 19.8 Å². The smallest absolute Gasteiger partial charge is 0.225 e. The van der Waals surface area contributed by atoms with E-state index in [1.165, 1.54) is 6.42 Å². The number of rotatable bonds is 5. The highest BCUT2D eigenvalue weighted by atomic mass is 16.5. The number of benzene rings is 1. The van der Waals surface area contributed by atoms with Gasteiger partial charge >= 0.3 is 0 Å². The van der Waals surface area contributed by atoms with Crippen LogP contribution < -0.4 is 10.6 Å². The van der Waals surface area contributed by atoms with Crippen molar-refractivity contribution in [2.24, 2.45) is 5.92 Å². The van der Waals surface area contributed by atoms with E-state index < -0.39 is 0 Å². The lowest BCUT2D eigenvalue weighted by Gasteiger charge is -2.22. The number of para-hydroxylation sites is 1. The van der Waals surface area contributed by atoms with Gasteiger partial charge in [0.1, 0.15) is 5.82 Å². The van der Waals surface area contributed by atoms with Crippen LogP contribution in [0.5, 0.6) is 0 Å². The van der Waals surface area contributed by atoms with Gasteiger partial charge in [-0.3, -0.25) is 0 Å². The molecule has 1 aromatic heterocycles. The molecule has 0 aliphatic carbocycles. The zero-order valence-electron chi connectivity index (χ0n) is 12.4. The summed E-state index contributed by atoms with van der Waals surface area (Å²) in [6.07, 6.45) is 2.37. The van der Waals surface area contributed by atoms with E-state index in [1.54, 1.807) is 0 Å². The lowest BCUT2D eigenvalue weighted by molar-refractivity contribution is 0.0595. The van der Waals surface area contributed by atoms with Crippen molar-refractivity contribution in [3.8, 4) is 0 Å². The molecule has 0 saturated carbocycles. The quantitative estimate of drug-likeness (QED) is 0.885. The van der Waals surface area contributed by atoms with Gasteiger partial charge in [-0.15, -0.1) is 0 Å². The van der Waals surface area contributed by atoms with E-state index in [-0.39, 0.29) is 0 Å². The molecule has 1 fully saturated rings. The highest BCUT2D eigenvalue weighted by molar-refractivity contribution is 5.89. The highest BCUT2D eigenvalue weighted by Crippen LogP contribution is 2.23. The SMILES string of the molecule is CCNc1nc(NCC2CCCOC2)c2ccccc2n1. The number of nitrogens with zero attached hydrogens (tertiary/aromatic N) is 2. The Labute approximate surface area is 125 Å². The van der Waals surface area contributed by atoms with Crippen molar-refractivity contribution in [2.45, 2.75) is 19.8 Å². The Kier molecular flexibility index (Phi) is 4.50. The van der Waals surface area contributed by atoms with Crippen molar-refractivity contribution in [1.29, 1.82) is 0 Å². The molecular weight excluding hydrogens is 264 g/mol. The maximum Gasteiger partial charge on any atom is 0.225 e. The van der Waals surface area contributed by atoms with Gasteiger partial charge in [0, 0.05) is 25.1 Å². The van der Waals surface area contributed by atoms with Crippen molar-refractivity contribution < 1.29 is 4.74 Å². The average molecular weight is 286 g/mol. The Morgan fingerprint density at radius 2 is 2.14 bits per heavy atom. The molecule has 2 aromatic rings. The molecule has 21 heavy (non-hydrogen) atoms. The fourth-order valence-corrected chi connectivity index (χ4v) is 2.66. The van der Waals surface area contributed by atoms with Crippen LogP contribution in [0, 0.1) is 5.92 Å². The first-order valence-electron chi connectivity index (χ1n) is 7.69. The van der Waals surface area contributed by atoms with E-state index in [2.05, 4.69) is 26.7 Å². The third-order valence-electron chi connectivity index (χ3n) is 3.75. The lowest BCUT2D eigenvalue weighted by Crippen LogP contribution is -2.24. The summed E-state index contributed by atoms with van der Waals surface area (Å²) in [7, 11) is 0. The minimum Gasteiger partial charge on any atom is -0.381 e. The number of hydrogen-bond donors (Lipinski definition) is 2. The summed E-state index contributed by atoms with van der Waals surface area (Å²) < 4.78 is 5.54. The van der Waals surface area contributed by atoms with Crippen LogP contribution in [0.4, 0.5) is 11.8 Å². The summed E-state index contributed by atoms with van der Waals surface area (Å²) in [4.78, 5) is 9.13. The van der Waals surface area contributed by atoms with Crippen molar-refractivity contribution in [3.63, 3.8) is 0 Å². The molecular formula is C16H22N4O. The zero-order chi connectivity index (χ0) is 14.5. The Balaban J connectivity index is 1.81. The number of hydrogen-bond acceptors (Lipinski definition) is 5. The first kappa shape index (κ1) is 14.1. The van der Waals surface area contributed by atoms with Gasteiger partial charge in [-0.25, -0.2) is 4.98 Å². The van der Waals surface area contributed by atoms with E-state index in [1.807, 2.05) is 25.1 Å². The molecule has 0 spiro atoms. The predicted molar refractivity (Wildman–Crippen MR) is 85.7 cm³/mol. The predicted octanol–water partition coefficient (Wildman–Crippen LogP) is 2.90. The van der Waals surface area contributed by atoms with Gasteiger partial charge in [0.05, 0.1) is 12.1 Å². The van der Waals surface area contributed by atoms with Crippen LogP contribution in [0.2, 0.25) is 0 Å². The topological polar surface area (TPSA) is 59.1 Å². The zero-order valence-corrected chi connectivity index (χ0v) is 12.4. The normalized spacial score (nSPS) is 18.6. The van der Waals surface area contributed by atoms with Gasteiger partial charge in [-0.2, -0.15) is 4.98 Å². The van der Waals surface area contributed by atoms with Crippen molar-refractivity contribution in [2.75, 3.05) is 36.9 Å². The summed E-state index contributed by atoms with van der Waals surface area (Å²) in [5, 5.41) is 7.74. The molecule has 2 N–H and O–H groups in total. The first-order chi connectivity index (χ1) is 10.4. The summed E-state index contributed by atoms with van der Waals surface area (Å²) in [6, 6.07) is 8.11. The standard InChI is InChI=1S/C16H22N4O/c1-2-17-16-19-14-8-4-3-7-13(14)15(20-16)18-10-12-6-5-9-21-11-12/h3-4,7-8,12H,2,5-6,9-11H2,1H3,(H2,17,18,19,20). The lowest BCUT2D eigenvalue weighted by atomic mass is 10.0. The van der Waals surface area contributed by atoms with Gasteiger partial charge in [0.25, 0.3) is 0 Å².